The van der Waals surface area contributed by atoms with E-state index in [0.717, 1.165) is 32.5 Å². The fourth-order valence-corrected chi connectivity index (χ4v) is 3.45. The third kappa shape index (κ3) is 4.89. The van der Waals surface area contributed by atoms with Gasteiger partial charge < -0.3 is 15.8 Å². The summed E-state index contributed by atoms with van der Waals surface area (Å²) < 4.78 is 5.85. The lowest BCUT2D eigenvalue weighted by atomic mass is 9.76. The van der Waals surface area contributed by atoms with Crippen LogP contribution in [0.15, 0.2) is 17.3 Å². The van der Waals surface area contributed by atoms with E-state index in [0.29, 0.717) is 18.2 Å². The number of aliphatic imine (C=N–C) groups is 1. The fourth-order valence-electron chi connectivity index (χ4n) is 3.45. The van der Waals surface area contributed by atoms with Crippen LogP contribution in [0.2, 0.25) is 0 Å². The van der Waals surface area contributed by atoms with Gasteiger partial charge in [-0.3, -0.25) is 19.5 Å². The Morgan fingerprint density at radius 1 is 1.52 bits per heavy atom. The van der Waals surface area contributed by atoms with E-state index in [1.54, 1.807) is 13.1 Å². The van der Waals surface area contributed by atoms with Crippen LogP contribution in [0, 0.1) is 5.41 Å². The largest absolute Gasteiger partial charge is 0.376 e. The number of carbonyl (C=O) groups is 2. The molecule has 0 aromatic rings. The second-order valence-corrected chi connectivity index (χ2v) is 7.14. The van der Waals surface area contributed by atoms with E-state index in [1.165, 1.54) is 6.20 Å². The van der Waals surface area contributed by atoms with E-state index in [4.69, 9.17) is 10.5 Å². The highest BCUT2D eigenvalue weighted by atomic mass is 16.5. The van der Waals surface area contributed by atoms with Crippen LogP contribution in [0.5, 0.6) is 0 Å². The van der Waals surface area contributed by atoms with Gasteiger partial charge in [0, 0.05) is 38.8 Å². The van der Waals surface area contributed by atoms with E-state index >= 15 is 0 Å². The van der Waals surface area contributed by atoms with Crippen molar-refractivity contribution >= 4 is 17.5 Å². The van der Waals surface area contributed by atoms with E-state index < -0.39 is 11.3 Å². The lowest BCUT2D eigenvalue weighted by Gasteiger charge is -2.36. The number of ether oxygens (including phenoxy) is 1. The maximum Gasteiger partial charge on any atom is 0.265 e. The standard InChI is InChI=1S/C18H30N4O3/c1-13(2)22-9-10-25-14(12-22)5-4-6-18(17(19)24)7-8-21-15(11-18)16(23)20-3/h7-8,13-14H,4-6,9-12H2,1-3H3,(H2,19,24)(H,20,23). The molecule has 1 saturated heterocycles. The zero-order valence-corrected chi connectivity index (χ0v) is 15.5. The van der Waals surface area contributed by atoms with Crippen LogP contribution in [0.3, 0.4) is 0 Å². The molecule has 0 radical (unpaired) electrons. The van der Waals surface area contributed by atoms with Crippen molar-refractivity contribution in [2.75, 3.05) is 26.7 Å². The Morgan fingerprint density at radius 3 is 2.92 bits per heavy atom. The van der Waals surface area contributed by atoms with Crippen LogP contribution in [0.25, 0.3) is 0 Å². The molecular weight excluding hydrogens is 320 g/mol. The lowest BCUT2D eigenvalue weighted by molar-refractivity contribution is -0.125. The van der Waals surface area contributed by atoms with Gasteiger partial charge >= 0.3 is 0 Å². The molecule has 2 unspecified atom stereocenters. The summed E-state index contributed by atoms with van der Waals surface area (Å²) in [6, 6.07) is 0.510. The van der Waals surface area contributed by atoms with E-state index in [9.17, 15) is 9.59 Å². The number of hydrogen-bond donors (Lipinski definition) is 2. The Bertz CT molecular complexity index is 559. The fraction of sp³-hybridized carbons (Fsp3) is 0.722. The summed E-state index contributed by atoms with van der Waals surface area (Å²) in [5, 5.41) is 2.55. The zero-order valence-electron chi connectivity index (χ0n) is 15.5. The summed E-state index contributed by atoms with van der Waals surface area (Å²) in [6.07, 6.45) is 5.98. The number of nitrogens with two attached hydrogens (primary N) is 1. The number of amides is 2. The summed E-state index contributed by atoms with van der Waals surface area (Å²) >= 11 is 0. The number of rotatable bonds is 7. The highest BCUT2D eigenvalue weighted by Gasteiger charge is 2.38. The number of hydrogen-bond acceptors (Lipinski definition) is 5. The third-order valence-corrected chi connectivity index (χ3v) is 5.14. The molecule has 0 saturated carbocycles. The minimum absolute atomic E-state index is 0.181. The molecule has 140 valence electrons. The van der Waals surface area contributed by atoms with E-state index in [-0.39, 0.29) is 18.4 Å². The zero-order chi connectivity index (χ0) is 18.4. The first-order chi connectivity index (χ1) is 11.9. The molecule has 0 spiro atoms. The molecule has 25 heavy (non-hydrogen) atoms. The lowest BCUT2D eigenvalue weighted by Crippen LogP contribution is -2.46. The van der Waals surface area contributed by atoms with Gasteiger partial charge in [-0.2, -0.15) is 0 Å². The molecule has 0 aliphatic carbocycles. The quantitative estimate of drug-likeness (QED) is 0.711. The molecular formula is C18H30N4O3. The van der Waals surface area contributed by atoms with Crippen LogP contribution >= 0.6 is 0 Å². The van der Waals surface area contributed by atoms with Crippen LogP contribution in [0.4, 0.5) is 0 Å². The van der Waals surface area contributed by atoms with Gasteiger partial charge in [0.15, 0.2) is 0 Å². The molecule has 2 heterocycles. The van der Waals surface area contributed by atoms with Crippen molar-refractivity contribution in [3.63, 3.8) is 0 Å². The summed E-state index contributed by atoms with van der Waals surface area (Å²) in [5.41, 5.74) is 5.18. The van der Waals surface area contributed by atoms with Crippen molar-refractivity contribution < 1.29 is 14.3 Å². The smallest absolute Gasteiger partial charge is 0.265 e. The van der Waals surface area contributed by atoms with Gasteiger partial charge in [0.05, 0.1) is 18.1 Å². The Hall–Kier alpha value is -1.73. The first-order valence-corrected chi connectivity index (χ1v) is 9.00. The summed E-state index contributed by atoms with van der Waals surface area (Å²) in [6.45, 7) is 7.02. The number of nitrogens with zero attached hydrogens (tertiary/aromatic N) is 2. The second-order valence-electron chi connectivity index (χ2n) is 7.14. The Kier molecular flexibility index (Phi) is 6.72. The monoisotopic (exact) mass is 350 g/mol. The van der Waals surface area contributed by atoms with Crippen LogP contribution in [-0.4, -0.2) is 61.3 Å². The Morgan fingerprint density at radius 2 is 2.28 bits per heavy atom. The minimum Gasteiger partial charge on any atom is -0.376 e. The summed E-state index contributed by atoms with van der Waals surface area (Å²) in [4.78, 5) is 30.4. The predicted octanol–water partition coefficient (Wildman–Crippen LogP) is 0.842. The molecule has 0 aromatic carbocycles. The van der Waals surface area contributed by atoms with Crippen molar-refractivity contribution in [2.45, 2.75) is 51.7 Å². The number of morpholine rings is 1. The van der Waals surface area contributed by atoms with Crippen LogP contribution in [-0.2, 0) is 14.3 Å². The van der Waals surface area contributed by atoms with Gasteiger partial charge in [0.2, 0.25) is 5.91 Å². The maximum atomic E-state index is 12.1. The summed E-state index contributed by atoms with van der Waals surface area (Å²) in [5.74, 6) is -0.674. The molecule has 3 N–H and O–H groups in total. The first-order valence-electron chi connectivity index (χ1n) is 9.00. The van der Waals surface area contributed by atoms with Gasteiger partial charge in [-0.25, -0.2) is 0 Å². The van der Waals surface area contributed by atoms with Crippen molar-refractivity contribution in [1.82, 2.24) is 10.2 Å². The molecule has 2 amide bonds. The molecule has 2 atom stereocenters. The average molecular weight is 350 g/mol. The van der Waals surface area contributed by atoms with E-state index in [1.807, 2.05) is 0 Å². The van der Waals surface area contributed by atoms with Gasteiger partial charge in [-0.15, -0.1) is 0 Å². The topological polar surface area (TPSA) is 97.0 Å². The molecule has 2 aliphatic rings. The van der Waals surface area contributed by atoms with Crippen molar-refractivity contribution in [3.8, 4) is 0 Å². The third-order valence-electron chi connectivity index (χ3n) is 5.14. The SMILES string of the molecule is CNC(=O)C1=NC=CC(CCCC2CN(C(C)C)CCO2)(C(N)=O)C1. The minimum atomic E-state index is -0.837. The normalized spacial score (nSPS) is 27.2. The van der Waals surface area contributed by atoms with Gasteiger partial charge in [0.25, 0.3) is 5.91 Å². The van der Waals surface area contributed by atoms with Crippen LogP contribution < -0.4 is 11.1 Å². The summed E-state index contributed by atoms with van der Waals surface area (Å²) in [7, 11) is 1.55. The van der Waals surface area contributed by atoms with Gasteiger partial charge in [-0.1, -0.05) is 6.08 Å². The van der Waals surface area contributed by atoms with Crippen molar-refractivity contribution in [3.05, 3.63) is 12.3 Å². The molecule has 1 fully saturated rings. The maximum absolute atomic E-state index is 12.1. The Labute approximate surface area is 149 Å². The molecule has 2 rings (SSSR count). The number of nitrogens with one attached hydrogen (secondary N) is 1. The first kappa shape index (κ1) is 19.6. The number of carbonyl (C=O) groups excluding carboxylic acids is 2. The molecule has 0 bridgehead atoms. The highest BCUT2D eigenvalue weighted by molar-refractivity contribution is 6.39. The second kappa shape index (κ2) is 8.58. The van der Waals surface area contributed by atoms with E-state index in [2.05, 4.69) is 29.1 Å². The number of primary amides is 1. The van der Waals surface area contributed by atoms with Gasteiger partial charge in [0.1, 0.15) is 5.71 Å². The average Bonchev–Trinajstić information content (AvgIpc) is 2.61. The van der Waals surface area contributed by atoms with Gasteiger partial charge in [-0.05, 0) is 33.1 Å². The van der Waals surface area contributed by atoms with Crippen molar-refractivity contribution in [2.24, 2.45) is 16.1 Å². The molecule has 0 aromatic heterocycles. The Balaban J connectivity index is 1.93. The molecule has 7 heteroatoms. The van der Waals surface area contributed by atoms with Crippen LogP contribution in [0.1, 0.15) is 39.5 Å². The highest BCUT2D eigenvalue weighted by Crippen LogP contribution is 2.34. The van der Waals surface area contributed by atoms with Crippen molar-refractivity contribution in [1.29, 1.82) is 0 Å². The molecule has 2 aliphatic heterocycles. The predicted molar refractivity (Wildman–Crippen MR) is 97.2 cm³/mol. The molecule has 7 nitrogen and oxygen atoms in total.